The molecule has 0 atom stereocenters. The predicted octanol–water partition coefficient (Wildman–Crippen LogP) is 0.695. The largest absolute Gasteiger partial charge is 0.361 e. The fourth-order valence-corrected chi connectivity index (χ4v) is 0.528. The fourth-order valence-electron chi connectivity index (χ4n) is 0.528. The number of carbonyl (C=O) groups excluding carboxylic acids is 1. The third kappa shape index (κ3) is 1.16. The summed E-state index contributed by atoms with van der Waals surface area (Å²) in [6, 6.07) is 1.58. The van der Waals surface area contributed by atoms with E-state index >= 15 is 0 Å². The van der Waals surface area contributed by atoms with E-state index in [1.54, 1.807) is 12.4 Å². The molecule has 0 unspecified atom stereocenters. The monoisotopic (exact) mass is 124 g/mol. The first-order valence-electron chi connectivity index (χ1n) is 2.70. The van der Waals surface area contributed by atoms with Gasteiger partial charge in [-0.1, -0.05) is 12.1 Å². The molecular formula is C6H6NO2. The Morgan fingerprint density at radius 1 is 1.89 bits per heavy atom. The van der Waals surface area contributed by atoms with Crippen molar-refractivity contribution in [3.63, 3.8) is 0 Å². The number of rotatable bonds is 2. The van der Waals surface area contributed by atoms with Crippen molar-refractivity contribution in [1.82, 2.24) is 5.16 Å². The number of hydrogen-bond donors (Lipinski definition) is 0. The van der Waals surface area contributed by atoms with Crippen LogP contribution >= 0.6 is 0 Å². The van der Waals surface area contributed by atoms with Gasteiger partial charge in [-0.25, -0.2) is 0 Å². The summed E-state index contributed by atoms with van der Waals surface area (Å²) in [6.07, 6.45) is 2.39. The van der Waals surface area contributed by atoms with Gasteiger partial charge in [-0.05, 0) is 0 Å². The van der Waals surface area contributed by atoms with Crippen molar-refractivity contribution < 1.29 is 9.32 Å². The summed E-state index contributed by atoms with van der Waals surface area (Å²) in [5.41, 5.74) is 0.242. The van der Waals surface area contributed by atoms with Crippen LogP contribution in [0, 0.1) is 0 Å². The molecule has 0 aromatic carbocycles. The molecular weight excluding hydrogens is 118 g/mol. The molecule has 1 heterocycles. The van der Waals surface area contributed by atoms with Crippen LogP contribution in [0.15, 0.2) is 10.6 Å². The minimum atomic E-state index is 0.242. The molecule has 0 spiro atoms. The quantitative estimate of drug-likeness (QED) is 0.582. The minimum Gasteiger partial charge on any atom is -0.361 e. The third-order valence-corrected chi connectivity index (χ3v) is 1.01. The molecule has 0 fully saturated rings. The Bertz CT molecular complexity index is 205. The molecule has 1 radical (unpaired) electrons. The van der Waals surface area contributed by atoms with E-state index < -0.39 is 0 Å². The van der Waals surface area contributed by atoms with Crippen LogP contribution in [0.1, 0.15) is 18.4 Å². The Hall–Kier alpha value is -1.12. The third-order valence-electron chi connectivity index (χ3n) is 1.01. The minimum absolute atomic E-state index is 0.242. The van der Waals surface area contributed by atoms with Gasteiger partial charge in [-0.15, -0.1) is 0 Å². The van der Waals surface area contributed by atoms with Gasteiger partial charge in [0, 0.05) is 12.5 Å². The zero-order valence-corrected chi connectivity index (χ0v) is 5.05. The predicted molar refractivity (Wildman–Crippen MR) is 30.7 cm³/mol. The molecule has 1 rings (SSSR count). The zero-order chi connectivity index (χ0) is 6.69. The average molecular weight is 124 g/mol. The van der Waals surface area contributed by atoms with Gasteiger partial charge >= 0.3 is 0 Å². The molecule has 9 heavy (non-hydrogen) atoms. The molecule has 3 heteroatoms. The second kappa shape index (κ2) is 2.44. The maximum Gasteiger partial charge on any atom is 0.257 e. The molecule has 1 aromatic rings. The van der Waals surface area contributed by atoms with Crippen molar-refractivity contribution >= 4 is 6.29 Å². The highest BCUT2D eigenvalue weighted by atomic mass is 16.5. The van der Waals surface area contributed by atoms with Gasteiger partial charge in [0.25, 0.3) is 6.29 Å². The van der Waals surface area contributed by atoms with Gasteiger partial charge < -0.3 is 4.52 Å². The van der Waals surface area contributed by atoms with E-state index in [1.807, 2.05) is 6.92 Å². The van der Waals surface area contributed by atoms with Crippen molar-refractivity contribution in [3.05, 3.63) is 17.5 Å². The lowest BCUT2D eigenvalue weighted by Gasteiger charge is -1.76. The van der Waals surface area contributed by atoms with E-state index in [0.29, 0.717) is 5.76 Å². The van der Waals surface area contributed by atoms with E-state index in [1.165, 1.54) is 0 Å². The molecule has 0 aliphatic carbocycles. The summed E-state index contributed by atoms with van der Waals surface area (Å²) >= 11 is 0. The van der Waals surface area contributed by atoms with Gasteiger partial charge in [0.05, 0.1) is 0 Å². The maximum absolute atomic E-state index is 9.89. The molecule has 0 bridgehead atoms. The lowest BCUT2D eigenvalue weighted by molar-refractivity contribution is 0.385. The molecule has 3 nitrogen and oxygen atoms in total. The summed E-state index contributed by atoms with van der Waals surface area (Å²) in [6.45, 7) is 1.93. The van der Waals surface area contributed by atoms with Crippen LogP contribution in [0.4, 0.5) is 0 Å². The van der Waals surface area contributed by atoms with Crippen molar-refractivity contribution in [2.24, 2.45) is 0 Å². The lowest BCUT2D eigenvalue weighted by atomic mass is 10.3. The second-order valence-corrected chi connectivity index (χ2v) is 1.63. The Kier molecular flexibility index (Phi) is 1.63. The summed E-state index contributed by atoms with van der Waals surface area (Å²) in [4.78, 5) is 9.89. The number of aryl methyl sites for hydroxylation is 1. The summed E-state index contributed by atoms with van der Waals surface area (Å²) in [7, 11) is 0. The molecule has 0 aliphatic rings. The summed E-state index contributed by atoms with van der Waals surface area (Å²) < 4.78 is 4.69. The molecule has 0 amide bonds. The summed E-state index contributed by atoms with van der Waals surface area (Å²) in [5, 5.41) is 3.41. The first-order valence-corrected chi connectivity index (χ1v) is 2.70. The maximum atomic E-state index is 9.89. The number of aromatic nitrogens is 1. The van der Waals surface area contributed by atoms with E-state index in [9.17, 15) is 4.79 Å². The normalized spacial score (nSPS) is 9.44. The number of hydrogen-bond acceptors (Lipinski definition) is 3. The van der Waals surface area contributed by atoms with Crippen LogP contribution in [0.25, 0.3) is 0 Å². The Labute approximate surface area is 52.7 Å². The molecule has 0 N–H and O–H groups in total. The molecule has 0 saturated carbocycles. The fraction of sp³-hybridized carbons (Fsp3) is 0.333. The van der Waals surface area contributed by atoms with E-state index in [-0.39, 0.29) is 5.69 Å². The topological polar surface area (TPSA) is 43.1 Å². The van der Waals surface area contributed by atoms with Crippen LogP contribution in [-0.2, 0) is 11.2 Å². The number of nitrogens with zero attached hydrogens (tertiary/aromatic N) is 1. The highest BCUT2D eigenvalue weighted by Gasteiger charge is 1.98. The summed E-state index contributed by atoms with van der Waals surface area (Å²) in [5.74, 6) is 0.716. The lowest BCUT2D eigenvalue weighted by Crippen LogP contribution is -1.74. The highest BCUT2D eigenvalue weighted by molar-refractivity contribution is 5.71. The molecule has 47 valence electrons. The SMILES string of the molecule is CCc1cc([C]=O)no1. The van der Waals surface area contributed by atoms with Crippen molar-refractivity contribution in [3.8, 4) is 0 Å². The van der Waals surface area contributed by atoms with Crippen LogP contribution in [-0.4, -0.2) is 11.4 Å². The van der Waals surface area contributed by atoms with Crippen LogP contribution in [0.5, 0.6) is 0 Å². The van der Waals surface area contributed by atoms with Gasteiger partial charge in [0.1, 0.15) is 5.76 Å². The van der Waals surface area contributed by atoms with Crippen LogP contribution in [0.2, 0.25) is 0 Å². The average Bonchev–Trinajstić information content (AvgIpc) is 2.34. The highest BCUT2D eigenvalue weighted by Crippen LogP contribution is 2.00. The first kappa shape index (κ1) is 6.01. The Morgan fingerprint density at radius 2 is 2.67 bits per heavy atom. The van der Waals surface area contributed by atoms with E-state index in [4.69, 9.17) is 4.52 Å². The zero-order valence-electron chi connectivity index (χ0n) is 5.05. The Morgan fingerprint density at radius 3 is 3.00 bits per heavy atom. The van der Waals surface area contributed by atoms with Crippen LogP contribution in [0.3, 0.4) is 0 Å². The van der Waals surface area contributed by atoms with E-state index in [0.717, 1.165) is 6.42 Å². The van der Waals surface area contributed by atoms with Gasteiger partial charge in [-0.3, -0.25) is 4.79 Å². The molecule has 0 aliphatic heterocycles. The smallest absolute Gasteiger partial charge is 0.257 e. The second-order valence-electron chi connectivity index (χ2n) is 1.63. The molecule has 1 aromatic heterocycles. The van der Waals surface area contributed by atoms with Crippen molar-refractivity contribution in [2.75, 3.05) is 0 Å². The van der Waals surface area contributed by atoms with E-state index in [2.05, 4.69) is 5.16 Å². The standard InChI is InChI=1S/C6H6NO2/c1-2-6-3-5(4-8)7-9-6/h3H,2H2,1H3. The van der Waals surface area contributed by atoms with Gasteiger partial charge in [0.2, 0.25) is 0 Å². The van der Waals surface area contributed by atoms with Gasteiger partial charge in [-0.2, -0.15) is 0 Å². The Balaban J connectivity index is 2.86. The first-order chi connectivity index (χ1) is 4.36. The van der Waals surface area contributed by atoms with Crippen LogP contribution < -0.4 is 0 Å². The van der Waals surface area contributed by atoms with Gasteiger partial charge in [0.15, 0.2) is 5.69 Å². The molecule has 0 saturated heterocycles. The van der Waals surface area contributed by atoms with Crippen molar-refractivity contribution in [1.29, 1.82) is 0 Å². The van der Waals surface area contributed by atoms with Crippen molar-refractivity contribution in [2.45, 2.75) is 13.3 Å².